The smallest absolute Gasteiger partial charge is 0.410 e. The Morgan fingerprint density at radius 3 is 2.88 bits per heavy atom. The molecule has 1 fully saturated rings. The Balaban J connectivity index is 1.89. The van der Waals surface area contributed by atoms with Crippen LogP contribution in [0.4, 0.5) is 4.79 Å². The average Bonchev–Trinajstić information content (AvgIpc) is 2.52. The first-order valence-electron chi connectivity index (χ1n) is 7.91. The summed E-state index contributed by atoms with van der Waals surface area (Å²) in [4.78, 5) is 39.9. The lowest BCUT2D eigenvalue weighted by molar-refractivity contribution is -0.126. The van der Waals surface area contributed by atoms with Crippen LogP contribution in [-0.2, 0) is 16.1 Å². The Kier molecular flexibility index (Phi) is 5.53. The topological polar surface area (TPSA) is 117 Å². The molecule has 2 heterocycles. The maximum absolute atomic E-state index is 12.3. The van der Waals surface area contributed by atoms with Gasteiger partial charge in [-0.3, -0.25) is 9.59 Å². The molecule has 2 N–H and O–H groups in total. The molecule has 0 radical (unpaired) electrons. The lowest BCUT2D eigenvalue weighted by Crippen LogP contribution is -2.47. The molecule has 0 spiro atoms. The number of H-pyrrole nitrogens is 1. The summed E-state index contributed by atoms with van der Waals surface area (Å²) in [6.07, 6.45) is 2.18. The van der Waals surface area contributed by atoms with Crippen molar-refractivity contribution in [3.63, 3.8) is 0 Å². The van der Waals surface area contributed by atoms with Crippen LogP contribution in [0.15, 0.2) is 11.1 Å². The SMILES string of the molecule is CC(C)(C)OC(=O)N1CCCC(C(=O)NCc2nnc[nH]c2=O)C1. The van der Waals surface area contributed by atoms with Gasteiger partial charge in [-0.25, -0.2) is 4.79 Å². The van der Waals surface area contributed by atoms with Gasteiger partial charge in [0.1, 0.15) is 17.6 Å². The minimum atomic E-state index is -0.570. The summed E-state index contributed by atoms with van der Waals surface area (Å²) in [6, 6.07) is 0. The lowest BCUT2D eigenvalue weighted by Gasteiger charge is -2.33. The van der Waals surface area contributed by atoms with Crippen molar-refractivity contribution >= 4 is 12.0 Å². The van der Waals surface area contributed by atoms with Crippen LogP contribution < -0.4 is 10.9 Å². The standard InChI is InChI=1S/C15H23N5O4/c1-15(2,3)24-14(23)20-6-4-5-10(8-20)12(21)16-7-11-13(22)17-9-18-19-11/h9-10H,4-8H2,1-3H3,(H,16,21)(H,17,18,22). The highest BCUT2D eigenvalue weighted by Gasteiger charge is 2.31. The average molecular weight is 337 g/mol. The number of hydrogen-bond donors (Lipinski definition) is 2. The first-order chi connectivity index (χ1) is 11.3. The van der Waals surface area contributed by atoms with Crippen LogP contribution >= 0.6 is 0 Å². The number of likely N-dealkylation sites (tertiary alicyclic amines) is 1. The van der Waals surface area contributed by atoms with Crippen molar-refractivity contribution in [1.82, 2.24) is 25.4 Å². The third-order valence-electron chi connectivity index (χ3n) is 3.57. The number of ether oxygens (including phenoxy) is 1. The molecule has 2 amide bonds. The quantitative estimate of drug-likeness (QED) is 0.826. The van der Waals surface area contributed by atoms with Crippen LogP contribution in [0.2, 0.25) is 0 Å². The minimum absolute atomic E-state index is 0.00490. The van der Waals surface area contributed by atoms with Crippen LogP contribution in [0, 0.1) is 5.92 Å². The van der Waals surface area contributed by atoms with Gasteiger partial charge in [0.25, 0.3) is 5.56 Å². The second-order valence-electron chi connectivity index (χ2n) is 6.75. The number of aromatic amines is 1. The van der Waals surface area contributed by atoms with Gasteiger partial charge in [0.05, 0.1) is 12.5 Å². The Hall–Kier alpha value is -2.45. The summed E-state index contributed by atoms with van der Waals surface area (Å²) < 4.78 is 5.34. The van der Waals surface area contributed by atoms with E-state index in [2.05, 4.69) is 20.5 Å². The molecule has 0 bridgehead atoms. The molecule has 1 aromatic heterocycles. The second kappa shape index (κ2) is 7.41. The summed E-state index contributed by atoms with van der Waals surface area (Å²) in [5, 5.41) is 9.94. The number of nitrogens with one attached hydrogen (secondary N) is 2. The van der Waals surface area contributed by atoms with Gasteiger partial charge in [-0.05, 0) is 33.6 Å². The fraction of sp³-hybridized carbons (Fsp3) is 0.667. The van der Waals surface area contributed by atoms with Crippen LogP contribution in [0.5, 0.6) is 0 Å². The van der Waals surface area contributed by atoms with Crippen molar-refractivity contribution in [2.45, 2.75) is 45.8 Å². The molecule has 1 aromatic rings. The highest BCUT2D eigenvalue weighted by molar-refractivity contribution is 5.80. The number of carbonyl (C=O) groups excluding carboxylic acids is 2. The Bertz CT molecular complexity index is 652. The molecule has 0 aliphatic carbocycles. The summed E-state index contributed by atoms with van der Waals surface area (Å²) in [5.74, 6) is -0.546. The van der Waals surface area contributed by atoms with Gasteiger partial charge in [0.15, 0.2) is 0 Å². The molecule has 1 aliphatic rings. The molecule has 2 rings (SSSR count). The van der Waals surface area contributed by atoms with E-state index < -0.39 is 11.7 Å². The minimum Gasteiger partial charge on any atom is -0.444 e. The molecular weight excluding hydrogens is 314 g/mol. The number of hydrogen-bond acceptors (Lipinski definition) is 6. The number of amides is 2. The largest absolute Gasteiger partial charge is 0.444 e. The van der Waals surface area contributed by atoms with E-state index in [-0.39, 0.29) is 29.6 Å². The van der Waals surface area contributed by atoms with E-state index in [1.165, 1.54) is 6.33 Å². The van der Waals surface area contributed by atoms with Crippen molar-refractivity contribution in [2.75, 3.05) is 13.1 Å². The van der Waals surface area contributed by atoms with Crippen LogP contribution in [0.1, 0.15) is 39.3 Å². The zero-order valence-corrected chi connectivity index (χ0v) is 14.2. The molecule has 24 heavy (non-hydrogen) atoms. The van der Waals surface area contributed by atoms with E-state index >= 15 is 0 Å². The van der Waals surface area contributed by atoms with Crippen molar-refractivity contribution in [3.05, 3.63) is 22.4 Å². The fourth-order valence-corrected chi connectivity index (χ4v) is 2.43. The second-order valence-corrected chi connectivity index (χ2v) is 6.75. The number of nitrogens with zero attached hydrogens (tertiary/aromatic N) is 3. The number of aromatic nitrogens is 3. The molecule has 1 saturated heterocycles. The van der Waals surface area contributed by atoms with Crippen molar-refractivity contribution in [2.24, 2.45) is 5.92 Å². The van der Waals surface area contributed by atoms with E-state index in [1.807, 2.05) is 0 Å². The summed E-state index contributed by atoms with van der Waals surface area (Å²) in [5.41, 5.74) is -0.811. The van der Waals surface area contributed by atoms with Crippen molar-refractivity contribution < 1.29 is 14.3 Å². The molecule has 9 heteroatoms. The predicted octanol–water partition coefficient (Wildman–Crippen LogP) is 0.428. The molecule has 9 nitrogen and oxygen atoms in total. The normalized spacial score (nSPS) is 18.1. The van der Waals surface area contributed by atoms with E-state index in [0.29, 0.717) is 19.5 Å². The molecule has 1 aliphatic heterocycles. The molecule has 132 valence electrons. The van der Waals surface area contributed by atoms with Crippen molar-refractivity contribution in [3.8, 4) is 0 Å². The Morgan fingerprint density at radius 2 is 2.21 bits per heavy atom. The fourth-order valence-electron chi connectivity index (χ4n) is 2.43. The zero-order valence-electron chi connectivity index (χ0n) is 14.2. The lowest BCUT2D eigenvalue weighted by atomic mass is 9.97. The van der Waals surface area contributed by atoms with E-state index in [4.69, 9.17) is 4.74 Å². The van der Waals surface area contributed by atoms with Gasteiger partial charge < -0.3 is 19.9 Å². The maximum atomic E-state index is 12.3. The van der Waals surface area contributed by atoms with Gasteiger partial charge in [0.2, 0.25) is 5.91 Å². The third kappa shape index (κ3) is 5.04. The molecule has 0 aromatic carbocycles. The van der Waals surface area contributed by atoms with Gasteiger partial charge in [-0.1, -0.05) is 0 Å². The van der Waals surface area contributed by atoms with Crippen LogP contribution in [0.3, 0.4) is 0 Å². The van der Waals surface area contributed by atoms with Gasteiger partial charge in [0, 0.05) is 13.1 Å². The number of rotatable bonds is 3. The van der Waals surface area contributed by atoms with Crippen molar-refractivity contribution in [1.29, 1.82) is 0 Å². The van der Waals surface area contributed by atoms with Gasteiger partial charge in [-0.2, -0.15) is 0 Å². The molecular formula is C15H23N5O4. The molecule has 1 atom stereocenters. The number of carbonyl (C=O) groups is 2. The monoisotopic (exact) mass is 337 g/mol. The molecule has 0 saturated carbocycles. The summed E-state index contributed by atoms with van der Waals surface area (Å²) >= 11 is 0. The Morgan fingerprint density at radius 1 is 1.46 bits per heavy atom. The number of piperidine rings is 1. The van der Waals surface area contributed by atoms with Gasteiger partial charge >= 0.3 is 6.09 Å². The first kappa shape index (κ1) is 17.9. The van der Waals surface area contributed by atoms with E-state index in [0.717, 1.165) is 6.42 Å². The van der Waals surface area contributed by atoms with Gasteiger partial charge in [-0.15, -0.1) is 10.2 Å². The maximum Gasteiger partial charge on any atom is 0.410 e. The van der Waals surface area contributed by atoms with Crippen LogP contribution in [-0.4, -0.2) is 50.8 Å². The van der Waals surface area contributed by atoms with E-state index in [1.54, 1.807) is 25.7 Å². The Labute approximate surface area is 139 Å². The third-order valence-corrected chi connectivity index (χ3v) is 3.57. The highest BCUT2D eigenvalue weighted by atomic mass is 16.6. The highest BCUT2D eigenvalue weighted by Crippen LogP contribution is 2.19. The zero-order chi connectivity index (χ0) is 17.7. The van der Waals surface area contributed by atoms with E-state index in [9.17, 15) is 14.4 Å². The summed E-state index contributed by atoms with van der Waals surface area (Å²) in [6.45, 7) is 6.29. The predicted molar refractivity (Wildman–Crippen MR) is 85.0 cm³/mol. The first-order valence-corrected chi connectivity index (χ1v) is 7.91. The summed E-state index contributed by atoms with van der Waals surface area (Å²) in [7, 11) is 0. The molecule has 1 unspecified atom stereocenters. The van der Waals surface area contributed by atoms with Crippen LogP contribution in [0.25, 0.3) is 0 Å².